The fraction of sp³-hybridized carbons (Fsp3) is 0.355. The molecule has 0 fully saturated rings. The van der Waals surface area contributed by atoms with Crippen molar-refractivity contribution in [2.24, 2.45) is 0 Å². The van der Waals surface area contributed by atoms with Crippen molar-refractivity contribution >= 4 is 44.5 Å². The van der Waals surface area contributed by atoms with Gasteiger partial charge in [0, 0.05) is 5.41 Å². The molecule has 1 atom stereocenters. The normalized spacial score (nSPS) is 21.2. The van der Waals surface area contributed by atoms with E-state index >= 15 is 0 Å². The Labute approximate surface area is 216 Å². The average Bonchev–Trinajstić information content (AvgIpc) is 3.16. The highest BCUT2D eigenvalue weighted by Gasteiger charge is 2.56. The predicted octanol–water partition coefficient (Wildman–Crippen LogP) is 6.16. The van der Waals surface area contributed by atoms with E-state index in [-0.39, 0.29) is 16.2 Å². The van der Waals surface area contributed by atoms with E-state index in [2.05, 4.69) is 52.0 Å². The highest BCUT2D eigenvalue weighted by Crippen LogP contribution is 2.63. The highest BCUT2D eigenvalue weighted by atomic mass is 14.8. The Morgan fingerprint density at radius 3 is 1.24 bits per heavy atom. The molecule has 2 aromatic heterocycles. The van der Waals surface area contributed by atoms with Crippen LogP contribution in [0.15, 0.2) is 36.4 Å². The molecule has 0 amide bonds. The first-order chi connectivity index (χ1) is 17.4. The second-order valence-electron chi connectivity index (χ2n) is 12.6. The Bertz CT molecular complexity index is 1830. The van der Waals surface area contributed by atoms with E-state index in [4.69, 9.17) is 31.4 Å². The van der Waals surface area contributed by atoms with Crippen molar-refractivity contribution in [1.82, 2.24) is 19.9 Å². The van der Waals surface area contributed by atoms with Crippen molar-refractivity contribution in [3.05, 3.63) is 70.0 Å². The van der Waals surface area contributed by atoms with Gasteiger partial charge in [-0.1, -0.05) is 27.7 Å². The van der Waals surface area contributed by atoms with Crippen LogP contribution in [0.25, 0.3) is 33.1 Å². The molecule has 2 aliphatic carbocycles. The molecule has 0 bridgehead atoms. The summed E-state index contributed by atoms with van der Waals surface area (Å²) in [7, 11) is 0. The molecule has 6 heteroatoms. The lowest BCUT2D eigenvalue weighted by Gasteiger charge is -2.30. The van der Waals surface area contributed by atoms with E-state index < -0.39 is 0 Å². The summed E-state index contributed by atoms with van der Waals surface area (Å²) in [6, 6.07) is 12.8. The molecule has 37 heavy (non-hydrogen) atoms. The highest BCUT2D eigenvalue weighted by molar-refractivity contribution is 5.92. The van der Waals surface area contributed by atoms with Crippen LogP contribution < -0.4 is 11.5 Å². The topological polar surface area (TPSA) is 104 Å². The average molecular weight is 489 g/mol. The van der Waals surface area contributed by atoms with Gasteiger partial charge >= 0.3 is 0 Å². The number of hydrogen-bond acceptors (Lipinski definition) is 6. The summed E-state index contributed by atoms with van der Waals surface area (Å²) in [5.74, 6) is 0. The van der Waals surface area contributed by atoms with Gasteiger partial charge in [0.2, 0.25) is 0 Å². The van der Waals surface area contributed by atoms with E-state index in [1.165, 1.54) is 22.3 Å². The van der Waals surface area contributed by atoms with Crippen LogP contribution >= 0.6 is 0 Å². The zero-order chi connectivity index (χ0) is 26.1. The number of anilines is 2. The van der Waals surface area contributed by atoms with Crippen molar-refractivity contribution in [2.45, 2.75) is 70.6 Å². The molecule has 186 valence electrons. The molecule has 2 heterocycles. The maximum atomic E-state index is 6.09. The van der Waals surface area contributed by atoms with Gasteiger partial charge in [-0.2, -0.15) is 0 Å². The minimum Gasteiger partial charge on any atom is -0.397 e. The number of benzene rings is 3. The Kier molecular flexibility index (Phi) is 4.08. The van der Waals surface area contributed by atoms with E-state index in [1.807, 2.05) is 26.0 Å². The van der Waals surface area contributed by atoms with Gasteiger partial charge in [-0.05, 0) is 96.2 Å². The molecule has 3 aromatic carbocycles. The molecular weight excluding hydrogens is 456 g/mol. The summed E-state index contributed by atoms with van der Waals surface area (Å²) in [6.07, 6.45) is 2.07. The monoisotopic (exact) mass is 488 g/mol. The first-order valence-corrected chi connectivity index (χ1v) is 13.0. The molecule has 6 nitrogen and oxygen atoms in total. The fourth-order valence-electron chi connectivity index (χ4n) is 7.28. The summed E-state index contributed by atoms with van der Waals surface area (Å²) in [6.45, 7) is 13.5. The number of aromatic nitrogens is 4. The summed E-state index contributed by atoms with van der Waals surface area (Å²) in [5.41, 5.74) is 25.9. The van der Waals surface area contributed by atoms with Gasteiger partial charge in [-0.25, -0.2) is 19.9 Å². The molecule has 2 aliphatic rings. The van der Waals surface area contributed by atoms with Crippen molar-refractivity contribution < 1.29 is 0 Å². The van der Waals surface area contributed by atoms with Crippen LogP contribution in [0.5, 0.6) is 0 Å². The molecule has 7 rings (SSSR count). The smallest absolute Gasteiger partial charge is 0.0916 e. The largest absolute Gasteiger partial charge is 0.397 e. The molecule has 1 unspecified atom stereocenters. The lowest BCUT2D eigenvalue weighted by Crippen LogP contribution is -2.27. The number of hydrogen-bond donors (Lipinski definition) is 2. The van der Waals surface area contributed by atoms with Crippen LogP contribution in [0.3, 0.4) is 0 Å². The lowest BCUT2D eigenvalue weighted by molar-refractivity contribution is 0.350. The first kappa shape index (κ1) is 22.4. The van der Waals surface area contributed by atoms with Crippen LogP contribution in [0, 0.1) is 13.8 Å². The summed E-state index contributed by atoms with van der Waals surface area (Å²) in [5, 5.41) is 0. The second-order valence-corrected chi connectivity index (χ2v) is 12.6. The molecule has 0 radical (unpaired) electrons. The van der Waals surface area contributed by atoms with Gasteiger partial charge in [0.15, 0.2) is 0 Å². The SMILES string of the molecule is Cc1nc2cc3c(cc2nc1C)C1(CC3(C)C)CC(C)(C)c2cc3nc4cc(N)c(N)cc4nc3cc21. The van der Waals surface area contributed by atoms with Gasteiger partial charge < -0.3 is 11.5 Å². The van der Waals surface area contributed by atoms with Crippen molar-refractivity contribution in [2.75, 3.05) is 11.5 Å². The van der Waals surface area contributed by atoms with Gasteiger partial charge in [0.25, 0.3) is 0 Å². The quantitative estimate of drug-likeness (QED) is 0.200. The minimum absolute atomic E-state index is 0.0116. The number of fused-ring (bicyclic) bond motifs is 7. The van der Waals surface area contributed by atoms with Crippen LogP contribution in [0.4, 0.5) is 11.4 Å². The number of nitrogens with two attached hydrogens (primary N) is 2. The Balaban J connectivity index is 1.53. The molecule has 1 spiro atoms. The summed E-state index contributed by atoms with van der Waals surface area (Å²) in [4.78, 5) is 19.8. The van der Waals surface area contributed by atoms with Gasteiger partial charge in [0.1, 0.15) is 0 Å². The molecule has 0 aliphatic heterocycles. The Morgan fingerprint density at radius 1 is 0.514 bits per heavy atom. The van der Waals surface area contributed by atoms with E-state index in [0.29, 0.717) is 11.4 Å². The first-order valence-electron chi connectivity index (χ1n) is 13.0. The van der Waals surface area contributed by atoms with E-state index in [9.17, 15) is 0 Å². The third-order valence-electron chi connectivity index (χ3n) is 8.97. The van der Waals surface area contributed by atoms with Gasteiger partial charge in [0.05, 0.1) is 55.9 Å². The maximum absolute atomic E-state index is 6.09. The summed E-state index contributed by atoms with van der Waals surface area (Å²) < 4.78 is 0. The zero-order valence-corrected chi connectivity index (χ0v) is 22.3. The zero-order valence-electron chi connectivity index (χ0n) is 22.3. The Morgan fingerprint density at radius 2 is 0.838 bits per heavy atom. The van der Waals surface area contributed by atoms with E-state index in [0.717, 1.165) is 57.3 Å². The van der Waals surface area contributed by atoms with Crippen LogP contribution in [0.1, 0.15) is 74.2 Å². The molecular formula is C31H32N6. The number of rotatable bonds is 0. The minimum atomic E-state index is -0.114. The number of aryl methyl sites for hydroxylation is 2. The second kappa shape index (κ2) is 6.74. The van der Waals surface area contributed by atoms with Crippen LogP contribution in [0.2, 0.25) is 0 Å². The van der Waals surface area contributed by atoms with Gasteiger partial charge in [-0.3, -0.25) is 0 Å². The third-order valence-corrected chi connectivity index (χ3v) is 8.97. The Hall–Kier alpha value is -3.80. The predicted molar refractivity (Wildman–Crippen MR) is 151 cm³/mol. The van der Waals surface area contributed by atoms with Crippen molar-refractivity contribution in [1.29, 1.82) is 0 Å². The van der Waals surface area contributed by atoms with Gasteiger partial charge in [-0.15, -0.1) is 0 Å². The lowest BCUT2D eigenvalue weighted by atomic mass is 9.72. The molecule has 5 aromatic rings. The maximum Gasteiger partial charge on any atom is 0.0916 e. The van der Waals surface area contributed by atoms with Crippen LogP contribution in [-0.2, 0) is 16.2 Å². The van der Waals surface area contributed by atoms with E-state index in [1.54, 1.807) is 0 Å². The molecule has 0 saturated heterocycles. The standard InChI is InChI=1S/C31H32N6/c1-15-16(2)35-24-9-19-17(7-23(24)34-15)29(3,4)13-31(19)14-30(5,6)18-8-25-26(10-20(18)31)37-28-12-22(33)21(32)11-27(28)36-25/h7-12H,13-14,32-33H2,1-6H3. The molecule has 4 N–H and O–H groups in total. The van der Waals surface area contributed by atoms with Crippen molar-refractivity contribution in [3.8, 4) is 0 Å². The third kappa shape index (κ3) is 2.93. The van der Waals surface area contributed by atoms with Crippen molar-refractivity contribution in [3.63, 3.8) is 0 Å². The van der Waals surface area contributed by atoms with Crippen LogP contribution in [-0.4, -0.2) is 19.9 Å². The molecule has 0 saturated carbocycles. The number of nitrogen functional groups attached to an aromatic ring is 2. The number of nitrogens with zero attached hydrogens (tertiary/aromatic N) is 4. The fourth-order valence-corrected chi connectivity index (χ4v) is 7.28. The summed E-state index contributed by atoms with van der Waals surface area (Å²) >= 11 is 0.